The lowest BCUT2D eigenvalue weighted by Crippen LogP contribution is -2.37. The van der Waals surface area contributed by atoms with Gasteiger partial charge in [-0.05, 0) is 48.7 Å². The Labute approximate surface area is 205 Å². The molecule has 3 aromatic carbocycles. The van der Waals surface area contributed by atoms with Gasteiger partial charge in [0.25, 0.3) is 0 Å². The number of nitrogens with zero attached hydrogens (tertiary/aromatic N) is 3. The largest absolute Gasteiger partial charge is 0.494 e. The van der Waals surface area contributed by atoms with Crippen LogP contribution in [-0.4, -0.2) is 23.3 Å². The van der Waals surface area contributed by atoms with Crippen molar-refractivity contribution >= 4 is 11.9 Å². The Kier molecular flexibility index (Phi) is 5.63. The zero-order valence-electron chi connectivity index (χ0n) is 19.7. The van der Waals surface area contributed by atoms with E-state index < -0.39 is 23.4 Å². The van der Waals surface area contributed by atoms with Crippen molar-refractivity contribution in [2.24, 2.45) is 5.41 Å². The van der Waals surface area contributed by atoms with Crippen LogP contribution in [0.5, 0.6) is 5.75 Å². The molecule has 0 spiro atoms. The van der Waals surface area contributed by atoms with Crippen molar-refractivity contribution in [2.75, 3.05) is 6.61 Å². The molecule has 0 aliphatic carbocycles. The predicted octanol–water partition coefficient (Wildman–Crippen LogP) is 5.80. The van der Waals surface area contributed by atoms with Crippen molar-refractivity contribution in [3.63, 3.8) is 0 Å². The number of carbonyl (C=O) groups is 1. The number of ether oxygens (including phenoxy) is 1. The third-order valence-corrected chi connectivity index (χ3v) is 7.10. The van der Waals surface area contributed by atoms with E-state index in [0.29, 0.717) is 17.9 Å². The molecule has 5 heteroatoms. The van der Waals surface area contributed by atoms with E-state index in [1.807, 2.05) is 104 Å². The van der Waals surface area contributed by atoms with E-state index in [1.54, 1.807) is 0 Å². The number of carbonyl (C=O) groups excluding carboxylic acids is 1. The van der Waals surface area contributed by atoms with Crippen LogP contribution in [-0.2, 0) is 0 Å². The van der Waals surface area contributed by atoms with Crippen LogP contribution in [0.25, 0.3) is 6.08 Å². The molecule has 2 aliphatic heterocycles. The fourth-order valence-electron chi connectivity index (χ4n) is 5.49. The van der Waals surface area contributed by atoms with Gasteiger partial charge in [-0.1, -0.05) is 66.2 Å². The molecule has 0 aromatic heterocycles. The van der Waals surface area contributed by atoms with Crippen LogP contribution < -0.4 is 4.74 Å². The number of hydrogen-bond donors (Lipinski definition) is 0. The Morgan fingerprint density at radius 3 is 2.34 bits per heavy atom. The topological polar surface area (TPSA) is 77.1 Å². The molecule has 2 heterocycles. The van der Waals surface area contributed by atoms with Gasteiger partial charge in [0, 0.05) is 17.7 Å². The molecule has 2 aliphatic rings. The number of ketones is 1. The van der Waals surface area contributed by atoms with Crippen molar-refractivity contribution < 1.29 is 9.53 Å². The second kappa shape index (κ2) is 8.78. The van der Waals surface area contributed by atoms with Crippen molar-refractivity contribution in [3.8, 4) is 17.9 Å². The van der Waals surface area contributed by atoms with Crippen molar-refractivity contribution in [1.29, 1.82) is 10.5 Å². The monoisotopic (exact) mass is 459 g/mol. The molecule has 5 rings (SSSR count). The standard InChI is InChI=1S/C30H25N3O2/c1-3-35-24-14-12-22(13-15-24)26-27(28(34)23-10-8-20(2)9-11-23)33-17-16-21-6-4-5-7-25(21)29(33)30(26,18-31)19-32/h4-17,26-27,29H,3H2,1-2H3/t26-,27+,29-/m0/s1. The number of benzene rings is 3. The first-order valence-corrected chi connectivity index (χ1v) is 11.7. The average Bonchev–Trinajstić information content (AvgIpc) is 3.20. The van der Waals surface area contributed by atoms with Gasteiger partial charge in [0.1, 0.15) is 11.8 Å². The van der Waals surface area contributed by atoms with Gasteiger partial charge in [-0.2, -0.15) is 10.5 Å². The van der Waals surface area contributed by atoms with E-state index in [9.17, 15) is 15.3 Å². The number of rotatable bonds is 5. The number of aryl methyl sites for hydroxylation is 1. The fourth-order valence-corrected chi connectivity index (χ4v) is 5.49. The molecule has 1 fully saturated rings. The first-order chi connectivity index (χ1) is 17.0. The summed E-state index contributed by atoms with van der Waals surface area (Å²) in [5.41, 5.74) is 2.75. The molecule has 3 aromatic rings. The van der Waals surface area contributed by atoms with Gasteiger partial charge in [-0.15, -0.1) is 0 Å². The lowest BCUT2D eigenvalue weighted by atomic mass is 9.67. The predicted molar refractivity (Wildman–Crippen MR) is 133 cm³/mol. The van der Waals surface area contributed by atoms with Gasteiger partial charge in [-0.3, -0.25) is 4.79 Å². The molecule has 3 atom stereocenters. The minimum absolute atomic E-state index is 0.106. The quantitative estimate of drug-likeness (QED) is 0.451. The molecule has 5 nitrogen and oxygen atoms in total. The van der Waals surface area contributed by atoms with Gasteiger partial charge in [-0.25, -0.2) is 0 Å². The smallest absolute Gasteiger partial charge is 0.185 e. The summed E-state index contributed by atoms with van der Waals surface area (Å²) in [4.78, 5) is 16.0. The van der Waals surface area contributed by atoms with Crippen molar-refractivity contribution in [1.82, 2.24) is 4.90 Å². The van der Waals surface area contributed by atoms with Crippen LogP contribution in [0.3, 0.4) is 0 Å². The third kappa shape index (κ3) is 3.49. The Hall–Kier alpha value is -4.35. The zero-order valence-corrected chi connectivity index (χ0v) is 19.7. The van der Waals surface area contributed by atoms with Crippen LogP contribution in [0.15, 0.2) is 79.0 Å². The van der Waals surface area contributed by atoms with Crippen LogP contribution >= 0.6 is 0 Å². The molecule has 172 valence electrons. The van der Waals surface area contributed by atoms with Crippen molar-refractivity contribution in [3.05, 3.63) is 107 Å². The second-order valence-corrected chi connectivity index (χ2v) is 9.04. The van der Waals surface area contributed by atoms with Gasteiger partial charge >= 0.3 is 0 Å². The number of Topliss-reactive ketones (excluding diaryl/α,β-unsaturated/α-hetero) is 1. The van der Waals surface area contributed by atoms with Crippen LogP contribution in [0.4, 0.5) is 0 Å². The molecular weight excluding hydrogens is 434 g/mol. The second-order valence-electron chi connectivity index (χ2n) is 9.04. The maximum atomic E-state index is 14.1. The van der Waals surface area contributed by atoms with Crippen LogP contribution in [0, 0.1) is 35.0 Å². The Morgan fingerprint density at radius 1 is 1.00 bits per heavy atom. The number of hydrogen-bond acceptors (Lipinski definition) is 5. The van der Waals surface area contributed by atoms with E-state index in [0.717, 1.165) is 22.3 Å². The highest BCUT2D eigenvalue weighted by atomic mass is 16.5. The third-order valence-electron chi connectivity index (χ3n) is 7.10. The highest BCUT2D eigenvalue weighted by Crippen LogP contribution is 2.60. The summed E-state index contributed by atoms with van der Waals surface area (Å²) < 4.78 is 5.61. The first kappa shape index (κ1) is 22.4. The Bertz CT molecular complexity index is 1360. The first-order valence-electron chi connectivity index (χ1n) is 11.7. The van der Waals surface area contributed by atoms with Crippen LogP contribution in [0.1, 0.15) is 51.5 Å². The van der Waals surface area contributed by atoms with Gasteiger partial charge in [0.05, 0.1) is 24.8 Å². The number of nitriles is 2. The van der Waals surface area contributed by atoms with Gasteiger partial charge in [0.2, 0.25) is 0 Å². The van der Waals surface area contributed by atoms with E-state index in [1.165, 1.54) is 0 Å². The van der Waals surface area contributed by atoms with E-state index in [2.05, 4.69) is 12.1 Å². The van der Waals surface area contributed by atoms with Crippen molar-refractivity contribution in [2.45, 2.75) is 31.8 Å². The summed E-state index contributed by atoms with van der Waals surface area (Å²) in [6, 6.07) is 26.2. The minimum Gasteiger partial charge on any atom is -0.494 e. The lowest BCUT2D eigenvalue weighted by molar-refractivity contribution is 0.0874. The summed E-state index contributed by atoms with van der Waals surface area (Å²) in [6.07, 6.45) is 3.84. The molecule has 0 amide bonds. The molecule has 0 radical (unpaired) electrons. The molecule has 1 saturated heterocycles. The highest BCUT2D eigenvalue weighted by molar-refractivity contribution is 6.01. The summed E-state index contributed by atoms with van der Waals surface area (Å²) in [6.45, 7) is 4.43. The van der Waals surface area contributed by atoms with E-state index >= 15 is 0 Å². The van der Waals surface area contributed by atoms with Crippen LogP contribution in [0.2, 0.25) is 0 Å². The molecule has 0 N–H and O–H groups in total. The SMILES string of the molecule is CCOc1ccc([C@H]2[C@H](C(=O)c3ccc(C)cc3)N3C=Cc4ccccc4[C@H]3C2(C#N)C#N)cc1. The fraction of sp³-hybridized carbons (Fsp3) is 0.233. The average molecular weight is 460 g/mol. The van der Waals surface area contributed by atoms with Gasteiger partial charge < -0.3 is 9.64 Å². The normalized spacial score (nSPS) is 21.4. The Balaban J connectivity index is 1.72. The maximum Gasteiger partial charge on any atom is 0.185 e. The maximum absolute atomic E-state index is 14.1. The molecule has 0 unspecified atom stereocenters. The lowest BCUT2D eigenvalue weighted by Gasteiger charge is -2.34. The zero-order chi connectivity index (χ0) is 24.6. The highest BCUT2D eigenvalue weighted by Gasteiger charge is 2.63. The molecule has 35 heavy (non-hydrogen) atoms. The molecular formula is C30H25N3O2. The number of fused-ring (bicyclic) bond motifs is 3. The molecule has 0 bridgehead atoms. The summed E-state index contributed by atoms with van der Waals surface area (Å²) in [5, 5.41) is 21.2. The minimum atomic E-state index is -1.47. The summed E-state index contributed by atoms with van der Waals surface area (Å²) in [7, 11) is 0. The van der Waals surface area contributed by atoms with Gasteiger partial charge in [0.15, 0.2) is 11.2 Å². The van der Waals surface area contributed by atoms with E-state index in [-0.39, 0.29) is 5.78 Å². The Morgan fingerprint density at radius 2 is 1.69 bits per heavy atom. The molecule has 0 saturated carbocycles. The summed E-state index contributed by atoms with van der Waals surface area (Å²) in [5.74, 6) is -0.0637. The van der Waals surface area contributed by atoms with E-state index in [4.69, 9.17) is 4.74 Å². The summed E-state index contributed by atoms with van der Waals surface area (Å²) >= 11 is 0.